The number of esters is 2. The van der Waals surface area contributed by atoms with Gasteiger partial charge in [0.25, 0.3) is 17.7 Å². The molecule has 640 valence electrons. The van der Waals surface area contributed by atoms with Gasteiger partial charge in [0.2, 0.25) is 15.4 Å². The number of carboxylic acid groups (broad SMARTS) is 1. The van der Waals surface area contributed by atoms with E-state index in [1.807, 2.05) is 193 Å². The van der Waals surface area contributed by atoms with E-state index in [-0.39, 0.29) is 54.2 Å². The number of rotatable bonds is 24. The number of aromatic nitrogens is 6. The predicted molar refractivity (Wildman–Crippen MR) is 527 cm³/mol. The summed E-state index contributed by atoms with van der Waals surface area (Å²) in [6, 6.07) is 50.8. The second kappa shape index (κ2) is 51.3. The van der Waals surface area contributed by atoms with Crippen LogP contribution in [0.5, 0.6) is 0 Å². The lowest BCUT2D eigenvalue weighted by molar-refractivity contribution is -0.157. The number of carbonyl (C=O) groups excluding carboxylic acids is 6. The fourth-order valence-corrected chi connectivity index (χ4v) is 16.0. The Hall–Kier alpha value is -5.21. The summed E-state index contributed by atoms with van der Waals surface area (Å²) in [6.45, 7) is 17.8. The predicted octanol–water partition coefficient (Wildman–Crippen LogP) is 23.7. The van der Waals surface area contributed by atoms with E-state index in [9.17, 15) is 43.8 Å². The first-order valence-corrected chi connectivity index (χ1v) is 49.5. The molecule has 119 heavy (non-hydrogen) atoms. The van der Waals surface area contributed by atoms with E-state index in [1.54, 1.807) is 12.1 Å². The first kappa shape index (κ1) is 101. The third kappa shape index (κ3) is 39.3. The molecule has 3 fully saturated rings. The van der Waals surface area contributed by atoms with E-state index in [0.29, 0.717) is 107 Å². The standard InChI is InChI=1S/C29H35N3O4S.C29H33N3O4S.C25H27N3O4S.C2H3I3.C2H4I2.C2H5I/c2*1-29(2,3)36-26(34)17-19-9-11-20(12-10-19)21-13-15-23(16-14-21)27(35)30-28-32-31-25(37-28)18-24(33)22-7-5-4-6-8-22;29-21(19-4-2-1-3-5-19)15-22-27-28-25(33-22)26-24(32)20-12-10-18(11-13-20)17-8-6-16(7-9-17)14-23(30)31;1-2(3,4)5;1-2(3)4;1-2-3/h4-8,13-16,19-20,24,33H,9-12,17-18H2,1-3H3,(H,30,32,35);4-8,13-16,19-20H,9-12,17-18H2,1-3H3,(H,30,32,35);1-5,10-13,16-17,21,29H,6-9,14-15H2,(H,30,31)(H,26,28,32);1H3;2H,1H3;2H2,1H3. The number of halogens is 6. The Morgan fingerprint density at radius 1 is 0.429 bits per heavy atom. The number of ketones is 1. The Labute approximate surface area is 793 Å². The molecule has 3 aliphatic rings. The molecule has 3 heterocycles. The maximum Gasteiger partial charge on any atom is 0.306 e. The minimum atomic E-state index is -0.719. The number of aliphatic hydroxyl groups is 2. The molecule has 3 aromatic heterocycles. The minimum absolute atomic E-state index is 0.0379. The number of Topliss-reactive ketones (excluding diaryl/α,β-unsaturated/α-hetero) is 1. The van der Waals surface area contributed by atoms with Gasteiger partial charge in [0, 0.05) is 54.4 Å². The summed E-state index contributed by atoms with van der Waals surface area (Å²) in [5, 5.41) is 65.5. The fourth-order valence-electron chi connectivity index (χ4n) is 13.7. The van der Waals surface area contributed by atoms with Crippen LogP contribution in [-0.4, -0.2) is 104 Å². The van der Waals surface area contributed by atoms with Gasteiger partial charge in [-0.05, 0) is 237 Å². The highest BCUT2D eigenvalue weighted by molar-refractivity contribution is 14.3. The fraction of sp³-hybridized carbons (Fsp3) is 0.449. The third-order valence-corrected chi connectivity index (χ3v) is 21.8. The van der Waals surface area contributed by atoms with Crippen molar-refractivity contribution in [1.82, 2.24) is 30.6 Å². The van der Waals surface area contributed by atoms with Gasteiger partial charge in [-0.2, -0.15) is 0 Å². The number of carbonyl (C=O) groups is 7. The molecule has 6 N–H and O–H groups in total. The molecule has 9 aromatic rings. The van der Waals surface area contributed by atoms with Crippen LogP contribution in [0.1, 0.15) is 273 Å². The van der Waals surface area contributed by atoms with Crippen molar-refractivity contribution in [2.24, 2.45) is 17.8 Å². The van der Waals surface area contributed by atoms with Gasteiger partial charge < -0.3 is 24.8 Å². The number of ether oxygens (including phenoxy) is 2. The molecule has 3 amide bonds. The van der Waals surface area contributed by atoms with Crippen LogP contribution in [-0.2, 0) is 43.1 Å². The van der Waals surface area contributed by atoms with Crippen molar-refractivity contribution >= 4 is 226 Å². The zero-order chi connectivity index (χ0) is 86.8. The Morgan fingerprint density at radius 2 is 0.697 bits per heavy atom. The number of hydrogen-bond acceptors (Lipinski definition) is 20. The topological polar surface area (TPSA) is 312 Å². The number of hydrogen-bond donors (Lipinski definition) is 6. The lowest BCUT2D eigenvalue weighted by atomic mass is 9.77. The second-order valence-electron chi connectivity index (χ2n) is 31.4. The van der Waals surface area contributed by atoms with E-state index in [1.165, 1.54) is 55.1 Å². The van der Waals surface area contributed by atoms with Gasteiger partial charge >= 0.3 is 17.9 Å². The number of anilines is 3. The molecule has 3 aliphatic carbocycles. The maximum absolute atomic E-state index is 12.7. The van der Waals surface area contributed by atoms with Crippen LogP contribution in [0.25, 0.3) is 0 Å². The van der Waals surface area contributed by atoms with Gasteiger partial charge in [0.05, 0.1) is 20.6 Å². The Morgan fingerprint density at radius 3 is 0.983 bits per heavy atom. The first-order chi connectivity index (χ1) is 56.4. The van der Waals surface area contributed by atoms with E-state index in [0.717, 1.165) is 90.1 Å². The Kier molecular flexibility index (Phi) is 43.5. The number of aliphatic carboxylic acids is 1. The van der Waals surface area contributed by atoms with Crippen LogP contribution < -0.4 is 16.0 Å². The molecule has 2 unspecified atom stereocenters. The molecular formula is C89H107I6N9O12S3. The van der Waals surface area contributed by atoms with Crippen molar-refractivity contribution in [3.05, 3.63) is 229 Å². The van der Waals surface area contributed by atoms with Crippen molar-refractivity contribution in [1.29, 1.82) is 0 Å². The molecule has 0 spiro atoms. The van der Waals surface area contributed by atoms with Gasteiger partial charge in [-0.1, -0.05) is 304 Å². The normalized spacial score (nSPS) is 17.6. The lowest BCUT2D eigenvalue weighted by Crippen LogP contribution is -2.26. The van der Waals surface area contributed by atoms with Gasteiger partial charge in [-0.15, -0.1) is 30.6 Å². The average Bonchev–Trinajstić information content (AvgIpc) is 1.82. The molecule has 0 aliphatic heterocycles. The van der Waals surface area contributed by atoms with Gasteiger partial charge in [-0.25, -0.2) is 0 Å². The van der Waals surface area contributed by atoms with E-state index < -0.39 is 29.4 Å². The summed E-state index contributed by atoms with van der Waals surface area (Å²) in [7, 11) is 0. The average molecular weight is 2350 g/mol. The van der Waals surface area contributed by atoms with Gasteiger partial charge in [-0.3, -0.25) is 49.5 Å². The number of carboxylic acids is 1. The number of amides is 3. The summed E-state index contributed by atoms with van der Waals surface area (Å²) in [5.74, 6) is 0.571. The molecule has 30 heteroatoms. The quantitative estimate of drug-likeness (QED) is 0.0142. The highest BCUT2D eigenvalue weighted by atomic mass is 127. The van der Waals surface area contributed by atoms with E-state index in [2.05, 4.69) is 203 Å². The van der Waals surface area contributed by atoms with Crippen LogP contribution in [0.4, 0.5) is 15.4 Å². The van der Waals surface area contributed by atoms with Crippen molar-refractivity contribution in [3.8, 4) is 0 Å². The number of nitrogens with one attached hydrogen (secondary N) is 3. The summed E-state index contributed by atoms with van der Waals surface area (Å²) in [6.07, 6.45) is 12.6. The van der Waals surface area contributed by atoms with Crippen LogP contribution in [0.2, 0.25) is 0 Å². The van der Waals surface area contributed by atoms with E-state index >= 15 is 0 Å². The number of aliphatic hydroxyl groups excluding tert-OH is 2. The van der Waals surface area contributed by atoms with Crippen molar-refractivity contribution < 1.29 is 58.4 Å². The largest absolute Gasteiger partial charge is 0.481 e. The Balaban J connectivity index is 0.000000230. The summed E-state index contributed by atoms with van der Waals surface area (Å²) in [5.41, 5.74) is 6.64. The minimum Gasteiger partial charge on any atom is -0.481 e. The van der Waals surface area contributed by atoms with Crippen LogP contribution >= 0.6 is 170 Å². The molecule has 12 rings (SSSR count). The molecule has 3 saturated carbocycles. The van der Waals surface area contributed by atoms with Gasteiger partial charge in [0.15, 0.2) is 5.78 Å². The van der Waals surface area contributed by atoms with Crippen LogP contribution in [0, 0.1) is 17.8 Å². The number of nitrogens with zero attached hydrogens (tertiary/aromatic N) is 6. The smallest absolute Gasteiger partial charge is 0.306 e. The SMILES string of the molecule is CC(C)(C)OC(=O)CC1CCC(c2ccc(C(=O)Nc3nnc(CC(=O)c4ccccc4)s3)cc2)CC1.CC(C)(C)OC(=O)CC1CCC(c2ccc(C(=O)Nc3nnc(CC(O)c4ccccc4)s3)cc2)CC1.CC(I)(I)I.CC(I)I.CCI.O=C(O)CC1CCC(c2ccc(C(=O)Nc3nnc(CC(O)c4ccccc4)s3)cc2)CC1. The van der Waals surface area contributed by atoms with Crippen LogP contribution in [0.3, 0.4) is 0 Å². The Bertz CT molecular complexity index is 4570. The zero-order valence-electron chi connectivity index (χ0n) is 68.4. The zero-order valence-corrected chi connectivity index (χ0v) is 83.8. The molecule has 21 nitrogen and oxygen atoms in total. The monoisotopic (exact) mass is 2350 g/mol. The molecule has 6 aromatic carbocycles. The van der Waals surface area contributed by atoms with Crippen molar-refractivity contribution in [2.75, 3.05) is 20.4 Å². The molecule has 0 saturated heterocycles. The molecule has 2 atom stereocenters. The highest BCUT2D eigenvalue weighted by Crippen LogP contribution is 2.41. The van der Waals surface area contributed by atoms with Crippen molar-refractivity contribution in [3.63, 3.8) is 0 Å². The molecule has 0 radical (unpaired) electrons. The second-order valence-corrected chi connectivity index (χ2v) is 54.9. The lowest BCUT2D eigenvalue weighted by Gasteiger charge is -2.29. The number of benzene rings is 6. The first-order valence-electron chi connectivity index (χ1n) is 39.8. The highest BCUT2D eigenvalue weighted by Gasteiger charge is 2.30. The van der Waals surface area contributed by atoms with E-state index in [4.69, 9.17) is 14.6 Å². The van der Waals surface area contributed by atoms with Gasteiger partial charge in [0.1, 0.15) is 25.7 Å². The van der Waals surface area contributed by atoms with Crippen molar-refractivity contribution in [2.45, 2.75) is 220 Å². The molecule has 0 bridgehead atoms. The summed E-state index contributed by atoms with van der Waals surface area (Å²) in [4.78, 5) is 85.6. The number of alkyl halides is 6. The molecular weight excluding hydrogens is 2240 g/mol. The maximum atomic E-state index is 12.7. The third-order valence-electron chi connectivity index (χ3n) is 19.3. The van der Waals surface area contributed by atoms with Crippen LogP contribution in [0.15, 0.2) is 164 Å². The summed E-state index contributed by atoms with van der Waals surface area (Å²) < 4.78 is 13.3. The summed E-state index contributed by atoms with van der Waals surface area (Å²) >= 11 is 17.7.